The number of nitrogens with one attached hydrogen (secondary N) is 4. The van der Waals surface area contributed by atoms with Crippen LogP contribution in [-0.4, -0.2) is 135 Å². The number of hydrogen-bond acceptors (Lipinski definition) is 13. The van der Waals surface area contributed by atoms with Gasteiger partial charge in [0.15, 0.2) is 6.29 Å². The van der Waals surface area contributed by atoms with Crippen LogP contribution in [0.2, 0.25) is 0 Å². The Balaban J connectivity index is 2.13. The van der Waals surface area contributed by atoms with E-state index >= 15 is 0 Å². The number of carbonyl (C=O) groups excluding carboxylic acids is 4. The summed E-state index contributed by atoms with van der Waals surface area (Å²) >= 11 is 1.08. The molecule has 2 aliphatic rings. The summed E-state index contributed by atoms with van der Waals surface area (Å²) in [5.41, 5.74) is -0.930. The predicted octanol–water partition coefficient (Wildman–Crippen LogP) is -4.60. The highest BCUT2D eigenvalue weighted by Gasteiger charge is 2.51. The molecule has 9 N–H and O–H groups in total. The minimum atomic E-state index is -1.61. The van der Waals surface area contributed by atoms with E-state index in [1.165, 1.54) is 6.92 Å². The molecule has 0 unspecified atom stereocenters. The van der Waals surface area contributed by atoms with Crippen LogP contribution in [0, 0.1) is 0 Å². The van der Waals surface area contributed by atoms with Gasteiger partial charge in [-0.3, -0.25) is 19.2 Å². The maximum Gasteiger partial charge on any atom is 0.244 e. The van der Waals surface area contributed by atoms with Gasteiger partial charge in [0.2, 0.25) is 23.6 Å². The first-order chi connectivity index (χ1) is 18.9. The summed E-state index contributed by atoms with van der Waals surface area (Å²) in [5.74, 6) is -1.77. The Morgan fingerprint density at radius 3 is 2.10 bits per heavy atom. The van der Waals surface area contributed by atoms with Crippen LogP contribution in [0.5, 0.6) is 0 Å². The van der Waals surface area contributed by atoms with Gasteiger partial charge in [-0.25, -0.2) is 0 Å². The number of rotatable bonds is 13. The molecule has 40 heavy (non-hydrogen) atoms. The molecule has 0 aromatic rings. The third kappa shape index (κ3) is 9.35. The van der Waals surface area contributed by atoms with E-state index in [1.54, 1.807) is 0 Å². The van der Waals surface area contributed by atoms with E-state index < -0.39 is 91.4 Å². The van der Waals surface area contributed by atoms with Crippen LogP contribution >= 0.6 is 11.8 Å². The molecular weight excluding hydrogens is 556 g/mol. The van der Waals surface area contributed by atoms with E-state index in [-0.39, 0.29) is 24.7 Å². The molecule has 4 amide bonds. The Bertz CT molecular complexity index is 898. The quantitative estimate of drug-likeness (QED) is 0.0721. The fourth-order valence-corrected chi connectivity index (χ4v) is 5.36. The fraction of sp³-hybridized carbons (Fsp3) is 0.739. The molecular formula is C23H38N4O12S. The minimum absolute atomic E-state index is 0.00182. The van der Waals surface area contributed by atoms with E-state index in [4.69, 9.17) is 14.2 Å². The van der Waals surface area contributed by atoms with Crippen LogP contribution in [0.15, 0.2) is 12.7 Å². The predicted molar refractivity (Wildman–Crippen MR) is 138 cm³/mol. The highest BCUT2D eigenvalue weighted by Crippen LogP contribution is 2.33. The van der Waals surface area contributed by atoms with Crippen molar-refractivity contribution in [3.8, 4) is 0 Å². The first kappa shape index (κ1) is 33.9. The summed E-state index contributed by atoms with van der Waals surface area (Å²) in [6.07, 6.45) is -8.95. The second kappa shape index (κ2) is 16.2. The van der Waals surface area contributed by atoms with Gasteiger partial charge in [0.25, 0.3) is 0 Å². The van der Waals surface area contributed by atoms with E-state index in [2.05, 4.69) is 27.8 Å². The molecule has 0 radical (unpaired) electrons. The molecule has 16 nitrogen and oxygen atoms in total. The monoisotopic (exact) mass is 594 g/mol. The van der Waals surface area contributed by atoms with Crippen molar-refractivity contribution < 1.29 is 58.9 Å². The van der Waals surface area contributed by atoms with Crippen molar-refractivity contribution in [3.05, 3.63) is 12.7 Å². The lowest BCUT2D eigenvalue weighted by atomic mass is 9.95. The second-order valence-electron chi connectivity index (χ2n) is 9.12. The van der Waals surface area contributed by atoms with Crippen molar-refractivity contribution in [2.45, 2.75) is 80.7 Å². The van der Waals surface area contributed by atoms with Crippen molar-refractivity contribution in [2.75, 3.05) is 25.6 Å². The Morgan fingerprint density at radius 2 is 1.52 bits per heavy atom. The molecule has 2 saturated heterocycles. The van der Waals surface area contributed by atoms with Gasteiger partial charge in [-0.2, -0.15) is 0 Å². The zero-order valence-electron chi connectivity index (χ0n) is 22.1. The number of aliphatic hydroxyl groups is 5. The highest BCUT2D eigenvalue weighted by molar-refractivity contribution is 7.99. The molecule has 10 atom stereocenters. The lowest BCUT2D eigenvalue weighted by Crippen LogP contribution is -2.68. The van der Waals surface area contributed by atoms with Gasteiger partial charge in [-0.05, 0) is 6.08 Å². The minimum Gasteiger partial charge on any atom is -0.394 e. The van der Waals surface area contributed by atoms with Gasteiger partial charge in [0, 0.05) is 26.0 Å². The summed E-state index contributed by atoms with van der Waals surface area (Å²) in [6, 6.07) is -2.40. The summed E-state index contributed by atoms with van der Waals surface area (Å²) in [5, 5.41) is 61.4. The standard InChI is InChI=1S/C23H38N4O12S/c1-4-14(32)24-9-25-15(33)5-6-40-23-17(27-11(3)31)20(36)21(13(8-29)38-23)39-22-16(26-10(2)30)19(35)18(34)12(7-28)37-22/h4,12-13,16-23,28-29,34-36H,1,5-9H2,2-3H3,(H,24,32)(H,25,33)(H,26,30)(H,27,31)/t12-,13-,16-,17-,18-,19-,20-,21-,22+,23+/m1/s1. The number of thioether (sulfide) groups is 1. The zero-order valence-corrected chi connectivity index (χ0v) is 22.9. The second-order valence-corrected chi connectivity index (χ2v) is 10.3. The van der Waals surface area contributed by atoms with Crippen molar-refractivity contribution >= 4 is 35.4 Å². The summed E-state index contributed by atoms with van der Waals surface area (Å²) < 4.78 is 17.3. The van der Waals surface area contributed by atoms with E-state index in [0.717, 1.165) is 24.8 Å². The summed E-state index contributed by atoms with van der Waals surface area (Å²) in [7, 11) is 0. The van der Waals surface area contributed by atoms with Crippen molar-refractivity contribution in [2.24, 2.45) is 0 Å². The van der Waals surface area contributed by atoms with Gasteiger partial charge in [-0.15, -0.1) is 11.8 Å². The van der Waals surface area contributed by atoms with Crippen LogP contribution in [-0.2, 0) is 33.4 Å². The summed E-state index contributed by atoms with van der Waals surface area (Å²) in [6.45, 7) is 4.23. The van der Waals surface area contributed by atoms with Gasteiger partial charge >= 0.3 is 0 Å². The molecule has 17 heteroatoms. The van der Waals surface area contributed by atoms with Gasteiger partial charge in [0.1, 0.15) is 48.1 Å². The molecule has 2 rings (SSSR count). The van der Waals surface area contributed by atoms with Crippen LogP contribution in [0.1, 0.15) is 20.3 Å². The Kier molecular flexibility index (Phi) is 13.7. The molecule has 2 aliphatic heterocycles. The van der Waals surface area contributed by atoms with Crippen LogP contribution in [0.4, 0.5) is 0 Å². The van der Waals surface area contributed by atoms with Crippen LogP contribution in [0.25, 0.3) is 0 Å². The lowest BCUT2D eigenvalue weighted by Gasteiger charge is -2.48. The SMILES string of the molecule is C=CC(=O)NCNC(=O)CCS[C@@H]1O[C@H](CO)[C@@H](O[C@@H]2O[C@H](CO)[C@@H](O)[C@H](O)[C@H]2NC(C)=O)[C@H](O)[C@H]1NC(C)=O. The fourth-order valence-electron chi connectivity index (χ4n) is 4.17. The Morgan fingerprint density at radius 1 is 0.900 bits per heavy atom. The first-order valence-electron chi connectivity index (χ1n) is 12.5. The molecule has 228 valence electrons. The number of hydrogen-bond donors (Lipinski definition) is 9. The smallest absolute Gasteiger partial charge is 0.244 e. The third-order valence-electron chi connectivity index (χ3n) is 6.11. The topological polar surface area (TPSA) is 245 Å². The van der Waals surface area contributed by atoms with Crippen molar-refractivity contribution in [3.63, 3.8) is 0 Å². The molecule has 0 aliphatic carbocycles. The number of carbonyl (C=O) groups is 4. The molecule has 0 spiro atoms. The maximum atomic E-state index is 12.1. The van der Waals surface area contributed by atoms with Crippen molar-refractivity contribution in [1.82, 2.24) is 21.3 Å². The molecule has 0 bridgehead atoms. The first-order valence-corrected chi connectivity index (χ1v) is 13.5. The Hall–Kier alpha value is -2.35. The lowest BCUT2D eigenvalue weighted by molar-refractivity contribution is -0.310. The normalized spacial score (nSPS) is 33.9. The van der Waals surface area contributed by atoms with E-state index in [9.17, 15) is 44.7 Å². The molecule has 0 saturated carbocycles. The number of ether oxygens (including phenoxy) is 3. The average Bonchev–Trinajstić information content (AvgIpc) is 2.90. The van der Waals surface area contributed by atoms with Gasteiger partial charge < -0.3 is 61.0 Å². The molecule has 2 heterocycles. The van der Waals surface area contributed by atoms with Gasteiger partial charge in [0.05, 0.1) is 25.9 Å². The van der Waals surface area contributed by atoms with E-state index in [0.29, 0.717) is 0 Å². The average molecular weight is 595 g/mol. The summed E-state index contributed by atoms with van der Waals surface area (Å²) in [4.78, 5) is 46.9. The maximum absolute atomic E-state index is 12.1. The van der Waals surface area contributed by atoms with Crippen molar-refractivity contribution in [1.29, 1.82) is 0 Å². The molecule has 0 aromatic carbocycles. The largest absolute Gasteiger partial charge is 0.394 e. The zero-order chi connectivity index (χ0) is 30.0. The highest BCUT2D eigenvalue weighted by atomic mass is 32.2. The molecule has 0 aromatic heterocycles. The van der Waals surface area contributed by atoms with E-state index in [1.807, 2.05) is 0 Å². The Labute approximate surface area is 234 Å². The van der Waals surface area contributed by atoms with Crippen LogP contribution < -0.4 is 21.3 Å². The molecule has 2 fully saturated rings. The third-order valence-corrected chi connectivity index (χ3v) is 7.28. The van der Waals surface area contributed by atoms with Gasteiger partial charge in [-0.1, -0.05) is 6.58 Å². The van der Waals surface area contributed by atoms with Crippen LogP contribution in [0.3, 0.4) is 0 Å². The number of amides is 4. The number of aliphatic hydroxyl groups excluding tert-OH is 5.